The Kier molecular flexibility index (Phi) is 4.81. The van der Waals surface area contributed by atoms with Crippen LogP contribution in [0, 0.1) is 6.92 Å². The molecule has 0 aliphatic carbocycles. The van der Waals surface area contributed by atoms with Crippen molar-refractivity contribution in [3.05, 3.63) is 23.2 Å². The van der Waals surface area contributed by atoms with Crippen LogP contribution in [0.4, 0.5) is 13.2 Å². The Morgan fingerprint density at radius 1 is 1.39 bits per heavy atom. The van der Waals surface area contributed by atoms with Gasteiger partial charge >= 0.3 is 6.18 Å². The smallest absolute Gasteiger partial charge is 0.401 e. The number of hydrogen-bond acceptors (Lipinski definition) is 3. The lowest BCUT2D eigenvalue weighted by molar-refractivity contribution is -0.150. The molecule has 0 unspecified atom stereocenters. The minimum absolute atomic E-state index is 0.192. The van der Waals surface area contributed by atoms with Gasteiger partial charge in [-0.15, -0.1) is 0 Å². The van der Waals surface area contributed by atoms with Crippen molar-refractivity contribution in [1.82, 2.24) is 4.90 Å². The summed E-state index contributed by atoms with van der Waals surface area (Å²) >= 11 is 0. The molecule has 0 atom stereocenters. The molecule has 2 N–H and O–H groups in total. The van der Waals surface area contributed by atoms with Crippen LogP contribution in [-0.2, 0) is 13.1 Å². The number of nitrogens with zero attached hydrogens (tertiary/aromatic N) is 1. The fourth-order valence-corrected chi connectivity index (χ4v) is 1.72. The van der Waals surface area contributed by atoms with Gasteiger partial charge in [-0.3, -0.25) is 4.90 Å². The molecule has 0 aromatic carbocycles. The number of nitrogens with two attached hydrogens (primary N) is 1. The largest absolute Gasteiger partial charge is 0.465 e. The van der Waals surface area contributed by atoms with Gasteiger partial charge in [-0.2, -0.15) is 13.2 Å². The van der Waals surface area contributed by atoms with Gasteiger partial charge in [-0.1, -0.05) is 0 Å². The van der Waals surface area contributed by atoms with Crippen LogP contribution in [0.1, 0.15) is 30.9 Å². The molecule has 0 aliphatic heterocycles. The van der Waals surface area contributed by atoms with Crippen molar-refractivity contribution >= 4 is 0 Å². The second kappa shape index (κ2) is 5.75. The van der Waals surface area contributed by atoms with Crippen LogP contribution < -0.4 is 5.73 Å². The molecule has 104 valence electrons. The summed E-state index contributed by atoms with van der Waals surface area (Å²) in [5, 5.41) is 0. The molecule has 6 heteroatoms. The van der Waals surface area contributed by atoms with Crippen LogP contribution in [0.15, 0.2) is 10.5 Å². The van der Waals surface area contributed by atoms with E-state index in [1.807, 2.05) is 0 Å². The predicted molar refractivity (Wildman–Crippen MR) is 62.9 cm³/mol. The Bertz CT molecular complexity index is 385. The van der Waals surface area contributed by atoms with E-state index in [1.54, 1.807) is 26.8 Å². The monoisotopic (exact) mass is 264 g/mol. The highest BCUT2D eigenvalue weighted by atomic mass is 19.4. The normalized spacial score (nSPS) is 12.7. The molecule has 18 heavy (non-hydrogen) atoms. The van der Waals surface area contributed by atoms with E-state index in [9.17, 15) is 13.2 Å². The van der Waals surface area contributed by atoms with E-state index in [-0.39, 0.29) is 19.1 Å². The molecule has 0 aliphatic rings. The average molecular weight is 264 g/mol. The lowest BCUT2D eigenvalue weighted by Gasteiger charge is -2.27. The van der Waals surface area contributed by atoms with Crippen molar-refractivity contribution in [2.24, 2.45) is 5.73 Å². The first-order valence-corrected chi connectivity index (χ1v) is 5.82. The number of rotatable bonds is 5. The molecule has 0 saturated carbocycles. The van der Waals surface area contributed by atoms with E-state index in [4.69, 9.17) is 10.2 Å². The van der Waals surface area contributed by atoms with E-state index >= 15 is 0 Å². The van der Waals surface area contributed by atoms with Gasteiger partial charge in [0.15, 0.2) is 0 Å². The van der Waals surface area contributed by atoms with Crippen molar-refractivity contribution in [3.8, 4) is 0 Å². The minimum Gasteiger partial charge on any atom is -0.465 e. The fraction of sp³-hybridized carbons (Fsp3) is 0.667. The third kappa shape index (κ3) is 4.34. The van der Waals surface area contributed by atoms with Crippen molar-refractivity contribution in [3.63, 3.8) is 0 Å². The average Bonchev–Trinajstić information content (AvgIpc) is 2.56. The Labute approximate surface area is 105 Å². The van der Waals surface area contributed by atoms with Crippen LogP contribution in [0.3, 0.4) is 0 Å². The second-order valence-corrected chi connectivity index (χ2v) is 4.61. The molecule has 0 radical (unpaired) electrons. The Morgan fingerprint density at radius 2 is 2.00 bits per heavy atom. The topological polar surface area (TPSA) is 42.4 Å². The molecule has 0 spiro atoms. The maximum Gasteiger partial charge on any atom is 0.401 e. The molecule has 0 saturated heterocycles. The molecule has 1 rings (SSSR count). The van der Waals surface area contributed by atoms with Crippen LogP contribution in [0.5, 0.6) is 0 Å². The highest BCUT2D eigenvalue weighted by Gasteiger charge is 2.32. The van der Waals surface area contributed by atoms with Gasteiger partial charge in [0.25, 0.3) is 0 Å². The fourth-order valence-electron chi connectivity index (χ4n) is 1.72. The van der Waals surface area contributed by atoms with Gasteiger partial charge in [0, 0.05) is 18.2 Å². The molecule has 0 bridgehead atoms. The van der Waals surface area contributed by atoms with Crippen LogP contribution in [0.25, 0.3) is 0 Å². The summed E-state index contributed by atoms with van der Waals surface area (Å²) < 4.78 is 42.7. The van der Waals surface area contributed by atoms with Gasteiger partial charge in [0.1, 0.15) is 11.5 Å². The molecular formula is C12H19F3N2O. The van der Waals surface area contributed by atoms with Crippen LogP contribution >= 0.6 is 0 Å². The van der Waals surface area contributed by atoms with E-state index in [0.717, 1.165) is 5.56 Å². The third-order valence-corrected chi connectivity index (χ3v) is 2.76. The number of alkyl halides is 3. The van der Waals surface area contributed by atoms with Gasteiger partial charge in [0.2, 0.25) is 0 Å². The number of aryl methyl sites for hydroxylation is 1. The van der Waals surface area contributed by atoms with E-state index in [0.29, 0.717) is 11.5 Å². The first kappa shape index (κ1) is 15.0. The predicted octanol–water partition coefficient (Wildman–Crippen LogP) is 2.82. The zero-order chi connectivity index (χ0) is 13.9. The van der Waals surface area contributed by atoms with Crippen molar-refractivity contribution in [2.75, 3.05) is 6.54 Å². The number of halogens is 3. The van der Waals surface area contributed by atoms with Crippen LogP contribution in [-0.4, -0.2) is 23.7 Å². The van der Waals surface area contributed by atoms with Gasteiger partial charge in [0.05, 0.1) is 13.1 Å². The first-order valence-electron chi connectivity index (χ1n) is 5.82. The molecule has 0 amide bonds. The van der Waals surface area contributed by atoms with Gasteiger partial charge in [-0.25, -0.2) is 0 Å². The van der Waals surface area contributed by atoms with Gasteiger partial charge in [-0.05, 0) is 26.8 Å². The lowest BCUT2D eigenvalue weighted by Crippen LogP contribution is -2.38. The Morgan fingerprint density at radius 3 is 2.39 bits per heavy atom. The third-order valence-electron chi connectivity index (χ3n) is 2.76. The number of hydrogen-bond donors (Lipinski definition) is 1. The quantitative estimate of drug-likeness (QED) is 0.889. The maximum absolute atomic E-state index is 12.5. The Balaban J connectivity index is 2.80. The SMILES string of the molecule is Cc1oc(CN)cc1CN(CC(F)(F)F)C(C)C. The van der Waals surface area contributed by atoms with Gasteiger partial charge < -0.3 is 10.2 Å². The molecule has 3 nitrogen and oxygen atoms in total. The summed E-state index contributed by atoms with van der Waals surface area (Å²) in [7, 11) is 0. The van der Waals surface area contributed by atoms with Crippen LogP contribution in [0.2, 0.25) is 0 Å². The van der Waals surface area contributed by atoms with E-state index in [1.165, 1.54) is 4.90 Å². The second-order valence-electron chi connectivity index (χ2n) is 4.61. The summed E-state index contributed by atoms with van der Waals surface area (Å²) in [6.07, 6.45) is -4.20. The summed E-state index contributed by atoms with van der Waals surface area (Å²) in [4.78, 5) is 1.36. The number of furan rings is 1. The van der Waals surface area contributed by atoms with E-state index in [2.05, 4.69) is 0 Å². The zero-order valence-electron chi connectivity index (χ0n) is 10.8. The highest BCUT2D eigenvalue weighted by molar-refractivity contribution is 5.20. The molecule has 1 aromatic heterocycles. The molecule has 1 aromatic rings. The highest BCUT2D eigenvalue weighted by Crippen LogP contribution is 2.22. The molecular weight excluding hydrogens is 245 g/mol. The first-order chi connectivity index (χ1) is 8.23. The maximum atomic E-state index is 12.5. The summed E-state index contributed by atoms with van der Waals surface area (Å²) in [5.74, 6) is 1.22. The molecule has 0 fully saturated rings. The van der Waals surface area contributed by atoms with Crippen molar-refractivity contribution in [2.45, 2.75) is 46.1 Å². The summed E-state index contributed by atoms with van der Waals surface area (Å²) in [6.45, 7) is 4.76. The summed E-state index contributed by atoms with van der Waals surface area (Å²) in [5.41, 5.74) is 6.19. The zero-order valence-corrected chi connectivity index (χ0v) is 10.8. The standard InChI is InChI=1S/C12H19F3N2O/c1-8(2)17(7-12(13,14)15)6-10-4-11(5-16)18-9(10)3/h4,8H,5-7,16H2,1-3H3. The van der Waals surface area contributed by atoms with E-state index < -0.39 is 12.7 Å². The lowest BCUT2D eigenvalue weighted by atomic mass is 10.2. The van der Waals surface area contributed by atoms with Crippen molar-refractivity contribution < 1.29 is 17.6 Å². The minimum atomic E-state index is -4.20. The summed E-state index contributed by atoms with van der Waals surface area (Å²) in [6, 6.07) is 1.53. The Hall–Kier alpha value is -1.01. The molecule has 1 heterocycles. The van der Waals surface area contributed by atoms with Crippen molar-refractivity contribution in [1.29, 1.82) is 0 Å².